The molecule has 0 saturated heterocycles. The molecule has 0 saturated carbocycles. The molecule has 178 valence electrons. The Morgan fingerprint density at radius 3 is 1.29 bits per heavy atom. The molecule has 0 spiro atoms. The Morgan fingerprint density at radius 2 is 1.00 bits per heavy atom. The molecule has 0 heterocycles. The van der Waals surface area contributed by atoms with E-state index in [1.165, 1.54) is 46.2 Å². The molecule has 2 aliphatic rings. The van der Waals surface area contributed by atoms with Crippen LogP contribution in [-0.2, 0) is 31.2 Å². The van der Waals surface area contributed by atoms with Crippen molar-refractivity contribution in [2.45, 2.75) is 64.9 Å². The predicted molar refractivity (Wildman–Crippen MR) is 140 cm³/mol. The monoisotopic (exact) mass is 720 g/mol. The van der Waals surface area contributed by atoms with Crippen molar-refractivity contribution in [3.63, 3.8) is 0 Å². The SMILES string of the molecule is CCc1ccc(C2=CC[C]([Hf+2]([C]3=C(C)C(c4ccc(CC)cc4)=CC3)=[Ge]([CH3])[CH3])=C2C)cc1.[Cl-].[Cl-]. The van der Waals surface area contributed by atoms with Crippen LogP contribution in [0.2, 0.25) is 11.5 Å². The van der Waals surface area contributed by atoms with Gasteiger partial charge in [0, 0.05) is 0 Å². The first-order valence-corrected chi connectivity index (χ1v) is 30.3. The largest absolute Gasteiger partial charge is 1.00 e. The van der Waals surface area contributed by atoms with E-state index in [0.29, 0.717) is 0 Å². The van der Waals surface area contributed by atoms with Gasteiger partial charge in [-0.05, 0) is 0 Å². The van der Waals surface area contributed by atoms with Crippen molar-refractivity contribution in [1.29, 1.82) is 0 Å². The molecule has 0 nitrogen and oxygen atoms in total. The third kappa shape index (κ3) is 6.02. The minimum absolute atomic E-state index is 0. The van der Waals surface area contributed by atoms with Gasteiger partial charge in [-0.2, -0.15) is 0 Å². The Morgan fingerprint density at radius 1 is 0.647 bits per heavy atom. The van der Waals surface area contributed by atoms with Crippen LogP contribution in [0.4, 0.5) is 0 Å². The van der Waals surface area contributed by atoms with E-state index in [4.69, 9.17) is 0 Å². The summed E-state index contributed by atoms with van der Waals surface area (Å²) >= 11 is -1.99. The molecule has 0 radical (unpaired) electrons. The van der Waals surface area contributed by atoms with Gasteiger partial charge in [0.2, 0.25) is 0 Å². The second kappa shape index (κ2) is 13.1. The first kappa shape index (κ1) is 29.6. The molecule has 2 aliphatic carbocycles. The normalized spacial score (nSPS) is 14.7. The van der Waals surface area contributed by atoms with Crippen molar-refractivity contribution in [2.24, 2.45) is 0 Å². The van der Waals surface area contributed by atoms with Crippen LogP contribution >= 0.6 is 0 Å². The molecule has 0 amide bonds. The van der Waals surface area contributed by atoms with Gasteiger partial charge in [-0.3, -0.25) is 0 Å². The van der Waals surface area contributed by atoms with Crippen LogP contribution in [0.25, 0.3) is 11.1 Å². The number of halogens is 2. The van der Waals surface area contributed by atoms with Crippen molar-refractivity contribution in [1.82, 2.24) is 0 Å². The van der Waals surface area contributed by atoms with Gasteiger partial charge in [-0.25, -0.2) is 0 Å². The molecule has 0 atom stereocenters. The predicted octanol–water partition coefficient (Wildman–Crippen LogP) is 2.51. The molecule has 4 rings (SSSR count). The zero-order chi connectivity index (χ0) is 22.8. The van der Waals surface area contributed by atoms with Crippen LogP contribution in [0, 0.1) is 0 Å². The fourth-order valence-electron chi connectivity index (χ4n) is 5.22. The van der Waals surface area contributed by atoms with E-state index >= 15 is 0 Å². The number of hydrogen-bond donors (Lipinski definition) is 0. The second-order valence-electron chi connectivity index (χ2n) is 9.33. The van der Waals surface area contributed by atoms with Gasteiger partial charge >= 0.3 is 205 Å². The molecule has 0 N–H and O–H groups in total. The molecule has 4 heteroatoms. The van der Waals surface area contributed by atoms with Crippen LogP contribution in [0.1, 0.15) is 62.8 Å². The summed E-state index contributed by atoms with van der Waals surface area (Å²) in [7, 11) is -1.01. The molecule has 2 aromatic rings. The van der Waals surface area contributed by atoms with Crippen molar-refractivity contribution in [3.05, 3.63) is 101 Å². The van der Waals surface area contributed by atoms with Gasteiger partial charge in [-0.15, -0.1) is 0 Å². The molecular formula is C30H36Cl2GeHf. The Bertz CT molecular complexity index is 1100. The molecular weight excluding hydrogens is 682 g/mol. The minimum atomic E-state index is -1.99. The first-order valence-electron chi connectivity index (χ1n) is 12.1. The van der Waals surface area contributed by atoms with E-state index in [0.717, 1.165) is 12.8 Å². The van der Waals surface area contributed by atoms with Gasteiger partial charge in [-0.1, -0.05) is 0 Å². The van der Waals surface area contributed by atoms with E-state index in [2.05, 4.69) is 99.9 Å². The van der Waals surface area contributed by atoms with Crippen LogP contribution in [0.15, 0.2) is 78.5 Å². The summed E-state index contributed by atoms with van der Waals surface area (Å²) < 4.78 is 3.82. The molecule has 0 fully saturated rings. The quantitative estimate of drug-likeness (QED) is 0.404. The van der Waals surface area contributed by atoms with Crippen molar-refractivity contribution in [2.75, 3.05) is 0 Å². The Labute approximate surface area is 228 Å². The number of allylic oxidation sites excluding steroid dienone is 8. The van der Waals surface area contributed by atoms with Crippen molar-refractivity contribution >= 4 is 21.2 Å². The van der Waals surface area contributed by atoms with Crippen molar-refractivity contribution in [3.8, 4) is 0 Å². The average molecular weight is 719 g/mol. The molecule has 0 bridgehead atoms. The van der Waals surface area contributed by atoms with Gasteiger partial charge < -0.3 is 24.8 Å². The van der Waals surface area contributed by atoms with E-state index in [9.17, 15) is 0 Å². The maximum Gasteiger partial charge on any atom is -1.00 e. The molecule has 34 heavy (non-hydrogen) atoms. The first-order chi connectivity index (χ1) is 15.4. The van der Waals surface area contributed by atoms with Crippen LogP contribution in [0.5, 0.6) is 0 Å². The summed E-state index contributed by atoms with van der Waals surface area (Å²) in [5.74, 6) is 5.31. The van der Waals surface area contributed by atoms with Crippen LogP contribution in [-0.4, -0.2) is 10.1 Å². The van der Waals surface area contributed by atoms with Crippen LogP contribution in [0.3, 0.4) is 0 Å². The van der Waals surface area contributed by atoms with Gasteiger partial charge in [0.05, 0.1) is 0 Å². The zero-order valence-electron chi connectivity index (χ0n) is 21.4. The topological polar surface area (TPSA) is 0 Å². The van der Waals surface area contributed by atoms with Crippen molar-refractivity contribution < 1.29 is 43.2 Å². The molecule has 0 aromatic heterocycles. The summed E-state index contributed by atoms with van der Waals surface area (Å²) in [6.07, 6.45) is 9.74. The van der Waals surface area contributed by atoms with Gasteiger partial charge in [0.15, 0.2) is 0 Å². The van der Waals surface area contributed by atoms with Crippen LogP contribution < -0.4 is 24.8 Å². The fraction of sp³-hybridized carbons (Fsp3) is 0.333. The van der Waals surface area contributed by atoms with E-state index in [1.807, 2.05) is 6.66 Å². The summed E-state index contributed by atoms with van der Waals surface area (Å²) in [5, 5.41) is 0. The maximum absolute atomic E-state index is 2.66. The summed E-state index contributed by atoms with van der Waals surface area (Å²) in [5.41, 5.74) is 12.0. The number of hydrogen-bond acceptors (Lipinski definition) is 0. The Kier molecular flexibility index (Phi) is 11.4. The summed E-state index contributed by atoms with van der Waals surface area (Å²) in [4.78, 5) is 0. The average Bonchev–Trinajstić information content (AvgIpc) is 3.37. The minimum Gasteiger partial charge on any atom is -1.00 e. The smallest absolute Gasteiger partial charge is 1.00 e. The third-order valence-electron chi connectivity index (χ3n) is 7.18. The third-order valence-corrected chi connectivity index (χ3v) is 46.8. The van der Waals surface area contributed by atoms with E-state index < -0.39 is 28.4 Å². The van der Waals surface area contributed by atoms with E-state index in [-0.39, 0.29) is 24.8 Å². The molecule has 0 unspecified atom stereocenters. The zero-order valence-corrected chi connectivity index (χ0v) is 28.6. The number of aryl methyl sites for hydroxylation is 2. The Hall–Kier alpha value is -0.607. The van der Waals surface area contributed by atoms with E-state index in [1.54, 1.807) is 11.1 Å². The fourth-order valence-corrected chi connectivity index (χ4v) is 47.4. The second-order valence-corrected chi connectivity index (χ2v) is 47.8. The van der Waals surface area contributed by atoms with Gasteiger partial charge in [0.25, 0.3) is 0 Å². The standard InChI is InChI=1S/2C14H15.C2H6Ge.2ClH.Hf/c2*1-3-12-7-9-13(10-8-12)14-6-4-5-11(14)2;1-3-2;;;/h2*6-10H,3-4H2,1-2H3;1-2H3;2*1H;/q;;;;;+2/p-2. The van der Waals surface area contributed by atoms with Gasteiger partial charge in [0.1, 0.15) is 0 Å². The Balaban J connectivity index is 0.00000204. The summed E-state index contributed by atoms with van der Waals surface area (Å²) in [6.45, 7) is 9.32. The number of benzene rings is 2. The maximum atomic E-state index is 2.66. The molecule has 2 aromatic carbocycles. The molecule has 0 aliphatic heterocycles. The summed E-state index contributed by atoms with van der Waals surface area (Å²) in [6, 6.07) is 18.6. The number of rotatable bonds is 6.